The summed E-state index contributed by atoms with van der Waals surface area (Å²) in [6.45, 7) is 2.02. The number of fused-ring (bicyclic) bond motifs is 1. The van der Waals surface area contributed by atoms with Gasteiger partial charge in [-0.3, -0.25) is 4.79 Å². The third-order valence-electron chi connectivity index (χ3n) is 2.84. The van der Waals surface area contributed by atoms with Crippen LogP contribution in [0.3, 0.4) is 0 Å². The van der Waals surface area contributed by atoms with E-state index >= 15 is 0 Å². The minimum absolute atomic E-state index is 0.218. The lowest BCUT2D eigenvalue weighted by atomic mass is 10.0. The van der Waals surface area contributed by atoms with Crippen LogP contribution in [-0.2, 0) is 19.3 Å². The van der Waals surface area contributed by atoms with Crippen molar-refractivity contribution in [2.24, 2.45) is 0 Å². The van der Waals surface area contributed by atoms with Gasteiger partial charge in [0.05, 0.1) is 0 Å². The molecule has 0 amide bonds. The molecule has 0 saturated heterocycles. The van der Waals surface area contributed by atoms with Crippen molar-refractivity contribution in [1.82, 2.24) is 4.98 Å². The summed E-state index contributed by atoms with van der Waals surface area (Å²) in [4.78, 5) is 14.3. The first-order valence-electron chi connectivity index (χ1n) is 4.95. The molecule has 0 aliphatic heterocycles. The van der Waals surface area contributed by atoms with Crippen molar-refractivity contribution in [1.29, 1.82) is 5.26 Å². The van der Waals surface area contributed by atoms with E-state index in [-0.39, 0.29) is 5.56 Å². The Morgan fingerprint density at radius 3 is 2.79 bits per heavy atom. The predicted octanol–water partition coefficient (Wildman–Crippen LogP) is 1.30. The summed E-state index contributed by atoms with van der Waals surface area (Å²) in [5.74, 6) is 0. The Balaban J connectivity index is 2.76. The average molecular weight is 188 g/mol. The molecule has 14 heavy (non-hydrogen) atoms. The molecule has 0 radical (unpaired) electrons. The molecule has 0 spiro atoms. The Kier molecular flexibility index (Phi) is 2.12. The maximum atomic E-state index is 11.5. The molecule has 1 aliphatic carbocycles. The molecular formula is C11H12N2O. The van der Waals surface area contributed by atoms with Gasteiger partial charge in [0.15, 0.2) is 0 Å². The Labute approximate surface area is 82.4 Å². The fraction of sp³-hybridized carbons (Fsp3) is 0.455. The molecule has 0 unspecified atom stereocenters. The number of pyridine rings is 1. The number of nitriles is 1. The largest absolute Gasteiger partial charge is 0.325 e. The number of nitrogens with one attached hydrogen (secondary N) is 1. The minimum Gasteiger partial charge on any atom is -0.325 e. The van der Waals surface area contributed by atoms with Gasteiger partial charge in [-0.2, -0.15) is 5.26 Å². The zero-order chi connectivity index (χ0) is 10.1. The number of aryl methyl sites for hydroxylation is 1. The van der Waals surface area contributed by atoms with Gasteiger partial charge in [0, 0.05) is 5.69 Å². The molecule has 1 N–H and O–H groups in total. The Bertz CT molecular complexity index is 465. The Hall–Kier alpha value is -1.56. The van der Waals surface area contributed by atoms with Crippen LogP contribution in [0.15, 0.2) is 4.79 Å². The SMILES string of the molecule is CCc1[nH]c(=O)c(C#N)c2c1CCC2. The molecule has 2 rings (SSSR count). The lowest BCUT2D eigenvalue weighted by Crippen LogP contribution is -2.16. The number of nitrogens with zero attached hydrogens (tertiary/aromatic N) is 1. The van der Waals surface area contributed by atoms with E-state index in [1.807, 2.05) is 13.0 Å². The number of rotatable bonds is 1. The van der Waals surface area contributed by atoms with Crippen LogP contribution < -0.4 is 5.56 Å². The summed E-state index contributed by atoms with van der Waals surface area (Å²) in [7, 11) is 0. The van der Waals surface area contributed by atoms with Gasteiger partial charge in [0.25, 0.3) is 5.56 Å². The highest BCUT2D eigenvalue weighted by molar-refractivity contribution is 5.45. The molecule has 0 atom stereocenters. The smallest absolute Gasteiger partial charge is 0.266 e. The zero-order valence-electron chi connectivity index (χ0n) is 8.18. The van der Waals surface area contributed by atoms with Gasteiger partial charge in [-0.25, -0.2) is 0 Å². The zero-order valence-corrected chi connectivity index (χ0v) is 8.18. The third-order valence-corrected chi connectivity index (χ3v) is 2.84. The summed E-state index contributed by atoms with van der Waals surface area (Å²) >= 11 is 0. The quantitative estimate of drug-likeness (QED) is 0.722. The molecule has 0 fully saturated rings. The van der Waals surface area contributed by atoms with Crippen molar-refractivity contribution in [3.63, 3.8) is 0 Å². The van der Waals surface area contributed by atoms with Gasteiger partial charge in [-0.15, -0.1) is 0 Å². The molecule has 1 aliphatic rings. The van der Waals surface area contributed by atoms with E-state index in [1.165, 1.54) is 5.56 Å². The highest BCUT2D eigenvalue weighted by atomic mass is 16.1. The van der Waals surface area contributed by atoms with E-state index in [2.05, 4.69) is 4.98 Å². The second kappa shape index (κ2) is 3.30. The number of aromatic nitrogens is 1. The topological polar surface area (TPSA) is 56.6 Å². The average Bonchev–Trinajstić information content (AvgIpc) is 2.65. The van der Waals surface area contributed by atoms with Gasteiger partial charge < -0.3 is 4.98 Å². The highest BCUT2D eigenvalue weighted by Gasteiger charge is 2.20. The molecule has 1 aromatic heterocycles. The van der Waals surface area contributed by atoms with E-state index in [0.29, 0.717) is 5.56 Å². The van der Waals surface area contributed by atoms with Crippen LogP contribution in [0, 0.1) is 11.3 Å². The van der Waals surface area contributed by atoms with E-state index < -0.39 is 0 Å². The molecule has 3 heteroatoms. The first-order valence-corrected chi connectivity index (χ1v) is 4.95. The van der Waals surface area contributed by atoms with Crippen LogP contribution in [0.2, 0.25) is 0 Å². The first-order chi connectivity index (χ1) is 6.77. The van der Waals surface area contributed by atoms with E-state index in [9.17, 15) is 4.79 Å². The van der Waals surface area contributed by atoms with Crippen LogP contribution >= 0.6 is 0 Å². The molecule has 0 aromatic carbocycles. The summed E-state index contributed by atoms with van der Waals surface area (Å²) in [5, 5.41) is 8.88. The fourth-order valence-corrected chi connectivity index (χ4v) is 2.18. The summed E-state index contributed by atoms with van der Waals surface area (Å²) in [6.07, 6.45) is 3.79. The van der Waals surface area contributed by atoms with Gasteiger partial charge in [-0.05, 0) is 36.8 Å². The maximum absolute atomic E-state index is 11.5. The normalized spacial score (nSPS) is 13.7. The van der Waals surface area contributed by atoms with Crippen LogP contribution in [0.1, 0.15) is 35.7 Å². The van der Waals surface area contributed by atoms with Crippen LogP contribution in [0.25, 0.3) is 0 Å². The molecule has 1 heterocycles. The van der Waals surface area contributed by atoms with Crippen LogP contribution in [0.5, 0.6) is 0 Å². The first kappa shape index (κ1) is 9.01. The highest BCUT2D eigenvalue weighted by Crippen LogP contribution is 2.25. The van der Waals surface area contributed by atoms with E-state index in [0.717, 1.165) is 36.9 Å². The lowest BCUT2D eigenvalue weighted by molar-refractivity contribution is 0.897. The van der Waals surface area contributed by atoms with Gasteiger partial charge >= 0.3 is 0 Å². The van der Waals surface area contributed by atoms with Gasteiger partial charge in [-0.1, -0.05) is 6.92 Å². The fourth-order valence-electron chi connectivity index (χ4n) is 2.18. The Morgan fingerprint density at radius 1 is 1.43 bits per heavy atom. The second-order valence-electron chi connectivity index (χ2n) is 3.58. The Morgan fingerprint density at radius 2 is 2.14 bits per heavy atom. The predicted molar refractivity (Wildman–Crippen MR) is 53.2 cm³/mol. The van der Waals surface area contributed by atoms with Crippen molar-refractivity contribution >= 4 is 0 Å². The van der Waals surface area contributed by atoms with E-state index in [1.54, 1.807) is 0 Å². The molecule has 3 nitrogen and oxygen atoms in total. The van der Waals surface area contributed by atoms with Crippen molar-refractivity contribution in [3.05, 3.63) is 32.7 Å². The third kappa shape index (κ3) is 1.15. The van der Waals surface area contributed by atoms with Gasteiger partial charge in [0.2, 0.25) is 0 Å². The number of H-pyrrole nitrogens is 1. The number of aromatic amines is 1. The second-order valence-corrected chi connectivity index (χ2v) is 3.58. The van der Waals surface area contributed by atoms with E-state index in [4.69, 9.17) is 5.26 Å². The monoisotopic (exact) mass is 188 g/mol. The van der Waals surface area contributed by atoms with Crippen LogP contribution in [-0.4, -0.2) is 4.98 Å². The van der Waals surface area contributed by atoms with Crippen molar-refractivity contribution < 1.29 is 0 Å². The standard InChI is InChI=1S/C11H12N2O/c1-2-10-8-5-3-4-7(8)9(6-12)11(14)13-10/h2-5H2,1H3,(H,13,14). The van der Waals surface area contributed by atoms with Crippen molar-refractivity contribution in [3.8, 4) is 6.07 Å². The van der Waals surface area contributed by atoms with Crippen molar-refractivity contribution in [2.45, 2.75) is 32.6 Å². The number of hydrogen-bond acceptors (Lipinski definition) is 2. The number of hydrogen-bond donors (Lipinski definition) is 1. The lowest BCUT2D eigenvalue weighted by Gasteiger charge is -2.06. The summed E-state index contributed by atoms with van der Waals surface area (Å²) in [5.41, 5.74) is 3.33. The molecular weight excluding hydrogens is 176 g/mol. The molecule has 1 aromatic rings. The minimum atomic E-state index is -0.218. The van der Waals surface area contributed by atoms with Crippen LogP contribution in [0.4, 0.5) is 0 Å². The molecule has 0 bridgehead atoms. The summed E-state index contributed by atoms with van der Waals surface area (Å²) < 4.78 is 0. The molecule has 72 valence electrons. The van der Waals surface area contributed by atoms with Gasteiger partial charge in [0.1, 0.15) is 11.6 Å². The summed E-state index contributed by atoms with van der Waals surface area (Å²) in [6, 6.07) is 2.00. The van der Waals surface area contributed by atoms with Crippen molar-refractivity contribution in [2.75, 3.05) is 0 Å². The molecule has 0 saturated carbocycles. The maximum Gasteiger partial charge on any atom is 0.266 e.